The Kier molecular flexibility index (Phi) is 4.88. The highest BCUT2D eigenvalue weighted by Gasteiger charge is 2.32. The number of amides is 2. The molecule has 1 saturated heterocycles. The molecule has 142 valence electrons. The number of piperazine rings is 1. The minimum Gasteiger partial charge on any atom is -0.340 e. The van der Waals surface area contributed by atoms with Gasteiger partial charge in [0.05, 0.1) is 18.7 Å². The fourth-order valence-electron chi connectivity index (χ4n) is 3.56. The standard InChI is InChI=1S/C19H22ClN5O2/c1-23-6-8-24(9-7-23)17(26)10-14-12-25-18(22-19(14)27)16(11-21-25)13-2-4-15(20)5-3-13/h2-5,11,14H,6-10,12H2,1H3,(H,22,27). The highest BCUT2D eigenvalue weighted by Crippen LogP contribution is 2.32. The van der Waals surface area contributed by atoms with Crippen molar-refractivity contribution < 1.29 is 9.59 Å². The summed E-state index contributed by atoms with van der Waals surface area (Å²) in [4.78, 5) is 29.2. The molecule has 7 nitrogen and oxygen atoms in total. The van der Waals surface area contributed by atoms with E-state index in [2.05, 4.69) is 15.3 Å². The number of likely N-dealkylation sites (N-methyl/N-ethyl adjacent to an activating group) is 1. The van der Waals surface area contributed by atoms with E-state index in [9.17, 15) is 9.59 Å². The molecule has 0 saturated carbocycles. The van der Waals surface area contributed by atoms with Crippen LogP contribution in [0.1, 0.15) is 6.42 Å². The number of hydrogen-bond donors (Lipinski definition) is 1. The molecule has 3 heterocycles. The van der Waals surface area contributed by atoms with E-state index in [-0.39, 0.29) is 18.2 Å². The van der Waals surface area contributed by atoms with E-state index < -0.39 is 5.92 Å². The van der Waals surface area contributed by atoms with Crippen molar-refractivity contribution in [1.82, 2.24) is 19.6 Å². The molecule has 4 rings (SSSR count). The lowest BCUT2D eigenvalue weighted by molar-refractivity contribution is -0.136. The van der Waals surface area contributed by atoms with Gasteiger partial charge in [0.1, 0.15) is 5.82 Å². The quantitative estimate of drug-likeness (QED) is 0.873. The number of carbonyl (C=O) groups excluding carboxylic acids is 2. The van der Waals surface area contributed by atoms with Crippen LogP contribution in [0.15, 0.2) is 30.5 Å². The topological polar surface area (TPSA) is 70.5 Å². The van der Waals surface area contributed by atoms with E-state index in [4.69, 9.17) is 11.6 Å². The molecule has 1 N–H and O–H groups in total. The van der Waals surface area contributed by atoms with Crippen molar-refractivity contribution >= 4 is 29.2 Å². The lowest BCUT2D eigenvalue weighted by atomic mass is 10.0. The Bertz CT molecular complexity index is 855. The molecule has 8 heteroatoms. The van der Waals surface area contributed by atoms with Crippen molar-refractivity contribution in [3.05, 3.63) is 35.5 Å². The van der Waals surface area contributed by atoms with Gasteiger partial charge in [0.15, 0.2) is 0 Å². The van der Waals surface area contributed by atoms with Crippen LogP contribution in [-0.2, 0) is 16.1 Å². The van der Waals surface area contributed by atoms with E-state index in [0.29, 0.717) is 17.4 Å². The molecule has 2 amide bonds. The molecular formula is C19H22ClN5O2. The maximum atomic E-state index is 12.6. The number of rotatable bonds is 3. The Morgan fingerprint density at radius 2 is 1.93 bits per heavy atom. The van der Waals surface area contributed by atoms with Gasteiger partial charge >= 0.3 is 0 Å². The van der Waals surface area contributed by atoms with Gasteiger partial charge in [-0.05, 0) is 24.7 Å². The highest BCUT2D eigenvalue weighted by atomic mass is 35.5. The fraction of sp³-hybridized carbons (Fsp3) is 0.421. The molecule has 0 aliphatic carbocycles. The van der Waals surface area contributed by atoms with Crippen molar-refractivity contribution in [2.45, 2.75) is 13.0 Å². The first-order valence-corrected chi connectivity index (χ1v) is 9.48. The Morgan fingerprint density at radius 3 is 2.63 bits per heavy atom. The van der Waals surface area contributed by atoms with Crippen molar-refractivity contribution in [3.8, 4) is 11.1 Å². The van der Waals surface area contributed by atoms with Gasteiger partial charge < -0.3 is 15.1 Å². The summed E-state index contributed by atoms with van der Waals surface area (Å²) in [6.07, 6.45) is 1.95. The van der Waals surface area contributed by atoms with Crippen LogP contribution in [0.3, 0.4) is 0 Å². The number of benzene rings is 1. The third-order valence-electron chi connectivity index (χ3n) is 5.28. The summed E-state index contributed by atoms with van der Waals surface area (Å²) in [5.74, 6) is 0.186. The molecule has 2 aromatic rings. The van der Waals surface area contributed by atoms with Gasteiger partial charge in [0, 0.05) is 43.2 Å². The zero-order valence-corrected chi connectivity index (χ0v) is 15.9. The summed E-state index contributed by atoms with van der Waals surface area (Å²) < 4.78 is 1.77. The molecule has 1 aromatic heterocycles. The molecule has 0 bridgehead atoms. The molecule has 27 heavy (non-hydrogen) atoms. The van der Waals surface area contributed by atoms with Gasteiger partial charge in [-0.15, -0.1) is 0 Å². The number of halogens is 1. The van der Waals surface area contributed by atoms with Crippen LogP contribution in [-0.4, -0.2) is 64.6 Å². The van der Waals surface area contributed by atoms with Crippen LogP contribution in [0.5, 0.6) is 0 Å². The van der Waals surface area contributed by atoms with E-state index in [0.717, 1.165) is 37.3 Å². The molecule has 1 atom stereocenters. The van der Waals surface area contributed by atoms with Crippen LogP contribution < -0.4 is 5.32 Å². The monoisotopic (exact) mass is 387 g/mol. The largest absolute Gasteiger partial charge is 0.340 e. The second-order valence-corrected chi connectivity index (χ2v) is 7.61. The SMILES string of the molecule is CN1CCN(C(=O)CC2Cn3ncc(-c4ccc(Cl)cc4)c3NC2=O)CC1. The maximum absolute atomic E-state index is 12.6. The predicted molar refractivity (Wildman–Crippen MR) is 103 cm³/mol. The Balaban J connectivity index is 1.47. The summed E-state index contributed by atoms with van der Waals surface area (Å²) in [6, 6.07) is 7.41. The average molecular weight is 388 g/mol. The number of fused-ring (bicyclic) bond motifs is 1. The van der Waals surface area contributed by atoms with Gasteiger partial charge in [0.25, 0.3) is 0 Å². The number of anilines is 1. The lowest BCUT2D eigenvalue weighted by Crippen LogP contribution is -2.48. The minimum absolute atomic E-state index is 0.0387. The third-order valence-corrected chi connectivity index (χ3v) is 5.53. The summed E-state index contributed by atoms with van der Waals surface area (Å²) >= 11 is 5.95. The lowest BCUT2D eigenvalue weighted by Gasteiger charge is -2.33. The van der Waals surface area contributed by atoms with Crippen LogP contribution in [0.2, 0.25) is 5.02 Å². The van der Waals surface area contributed by atoms with Crippen molar-refractivity contribution in [1.29, 1.82) is 0 Å². The second-order valence-electron chi connectivity index (χ2n) is 7.17. The Hall–Kier alpha value is -2.38. The molecule has 1 aromatic carbocycles. The molecule has 0 radical (unpaired) electrons. The van der Waals surface area contributed by atoms with Gasteiger partial charge in [0.2, 0.25) is 11.8 Å². The normalized spacial score (nSPS) is 20.3. The molecular weight excluding hydrogens is 366 g/mol. The van der Waals surface area contributed by atoms with Crippen molar-refractivity contribution in [2.24, 2.45) is 5.92 Å². The predicted octanol–water partition coefficient (Wildman–Crippen LogP) is 1.94. The van der Waals surface area contributed by atoms with Crippen LogP contribution in [0, 0.1) is 5.92 Å². The average Bonchev–Trinajstić information content (AvgIpc) is 3.06. The van der Waals surface area contributed by atoms with Crippen LogP contribution in [0.4, 0.5) is 5.82 Å². The summed E-state index contributed by atoms with van der Waals surface area (Å²) in [6.45, 7) is 3.59. The number of carbonyl (C=O) groups is 2. The summed E-state index contributed by atoms with van der Waals surface area (Å²) in [5, 5.41) is 8.00. The first-order chi connectivity index (χ1) is 13.0. The fourth-order valence-corrected chi connectivity index (χ4v) is 3.69. The number of nitrogens with one attached hydrogen (secondary N) is 1. The van der Waals surface area contributed by atoms with E-state index in [1.165, 1.54) is 0 Å². The first-order valence-electron chi connectivity index (χ1n) is 9.10. The molecule has 1 fully saturated rings. The Labute approximate surface area is 162 Å². The zero-order chi connectivity index (χ0) is 19.0. The van der Waals surface area contributed by atoms with E-state index >= 15 is 0 Å². The molecule has 0 spiro atoms. The van der Waals surface area contributed by atoms with E-state index in [1.807, 2.05) is 36.2 Å². The van der Waals surface area contributed by atoms with Crippen LogP contribution >= 0.6 is 11.6 Å². The zero-order valence-electron chi connectivity index (χ0n) is 15.2. The second kappa shape index (κ2) is 7.32. The highest BCUT2D eigenvalue weighted by molar-refractivity contribution is 6.30. The molecule has 2 aliphatic rings. The Morgan fingerprint density at radius 1 is 1.22 bits per heavy atom. The summed E-state index contributed by atoms with van der Waals surface area (Å²) in [7, 11) is 2.05. The van der Waals surface area contributed by atoms with Gasteiger partial charge in [-0.2, -0.15) is 5.10 Å². The third kappa shape index (κ3) is 3.70. The van der Waals surface area contributed by atoms with Gasteiger partial charge in [-0.1, -0.05) is 23.7 Å². The van der Waals surface area contributed by atoms with Crippen molar-refractivity contribution in [3.63, 3.8) is 0 Å². The summed E-state index contributed by atoms with van der Waals surface area (Å²) in [5.41, 5.74) is 1.79. The maximum Gasteiger partial charge on any atom is 0.231 e. The van der Waals surface area contributed by atoms with Crippen LogP contribution in [0.25, 0.3) is 11.1 Å². The first kappa shape index (κ1) is 18.0. The van der Waals surface area contributed by atoms with Gasteiger partial charge in [-0.3, -0.25) is 9.59 Å². The molecule has 2 aliphatic heterocycles. The smallest absolute Gasteiger partial charge is 0.231 e. The van der Waals surface area contributed by atoms with Gasteiger partial charge in [-0.25, -0.2) is 4.68 Å². The number of hydrogen-bond acceptors (Lipinski definition) is 4. The number of nitrogens with zero attached hydrogens (tertiary/aromatic N) is 4. The minimum atomic E-state index is -0.400. The van der Waals surface area contributed by atoms with E-state index in [1.54, 1.807) is 10.9 Å². The molecule has 1 unspecified atom stereocenters. The van der Waals surface area contributed by atoms with Crippen molar-refractivity contribution in [2.75, 3.05) is 38.5 Å². The number of aromatic nitrogens is 2.